The van der Waals surface area contributed by atoms with E-state index in [9.17, 15) is 24.0 Å². The van der Waals surface area contributed by atoms with E-state index in [1.807, 2.05) is 16.9 Å². The molecule has 384 valence electrons. The summed E-state index contributed by atoms with van der Waals surface area (Å²) in [5.74, 6) is -1.77. The third-order valence-electron chi connectivity index (χ3n) is 15.1. The van der Waals surface area contributed by atoms with Gasteiger partial charge in [-0.2, -0.15) is 0 Å². The zero-order chi connectivity index (χ0) is 50.4. The van der Waals surface area contributed by atoms with E-state index in [1.54, 1.807) is 23.1 Å². The van der Waals surface area contributed by atoms with Gasteiger partial charge in [0.15, 0.2) is 0 Å². The van der Waals surface area contributed by atoms with Gasteiger partial charge < -0.3 is 25.8 Å². The Labute approximate surface area is 419 Å². The van der Waals surface area contributed by atoms with Crippen molar-refractivity contribution < 1.29 is 32.8 Å². The number of nitrogens with one attached hydrogen (secondary N) is 4. The lowest BCUT2D eigenvalue weighted by Crippen LogP contribution is -2.66. The van der Waals surface area contributed by atoms with E-state index in [0.717, 1.165) is 100 Å². The summed E-state index contributed by atoms with van der Waals surface area (Å²) in [5.41, 5.74) is 2.10. The van der Waals surface area contributed by atoms with E-state index in [-0.39, 0.29) is 47.5 Å². The molecule has 1 spiro atoms. The molecule has 1 atom stereocenters. The maximum atomic E-state index is 15.7. The van der Waals surface area contributed by atoms with Gasteiger partial charge in [0.1, 0.15) is 41.3 Å². The van der Waals surface area contributed by atoms with Gasteiger partial charge in [-0.1, -0.05) is 63.7 Å². The Morgan fingerprint density at radius 1 is 0.792 bits per heavy atom. The highest BCUT2D eigenvalue weighted by Gasteiger charge is 2.46. The average Bonchev–Trinajstić information content (AvgIpc) is 3.92. The van der Waals surface area contributed by atoms with Crippen molar-refractivity contribution in [3.8, 4) is 0 Å². The zero-order valence-electron chi connectivity index (χ0n) is 41.5. The summed E-state index contributed by atoms with van der Waals surface area (Å²) < 4.78 is 33.1. The molecule has 4 aromatic rings. The fourth-order valence-electron chi connectivity index (χ4n) is 10.8. The van der Waals surface area contributed by atoms with Gasteiger partial charge in [0.25, 0.3) is 11.8 Å². The summed E-state index contributed by atoms with van der Waals surface area (Å²) in [6.45, 7) is 10.0. The molecule has 5 aliphatic rings. The quantitative estimate of drug-likeness (QED) is 0.0577. The van der Waals surface area contributed by atoms with Crippen LogP contribution in [0.25, 0.3) is 0 Å². The van der Waals surface area contributed by atoms with E-state index >= 15 is 8.78 Å². The van der Waals surface area contributed by atoms with Crippen LogP contribution < -0.4 is 31.1 Å². The number of hydrogen-bond donors (Lipinski definition) is 4. The van der Waals surface area contributed by atoms with Crippen molar-refractivity contribution >= 4 is 52.5 Å². The standard InChI is InChI=1S/C52H67F2N13O5/c1-51(2)16-22-63(23-17-51)30-35-26-39(54)42(27-38(35)53)65-32-46(69)60-52(33-65)18-24-64(25-19-52)44-28-43(57-34-58-44)56-29-36-31-66(62-61-36)21-10-8-6-4-3-5-7-9-20-55-40-13-11-12-37-47(40)50(72)67(49(37)71)41-14-15-45(68)59-48(41)70/h11-13,26-28,31,34,41,55H,3-10,14-25,29-30,32-33H2,1-2H3,(H,60,69)(H,56,57,58)(H,59,68,70). The van der Waals surface area contributed by atoms with Crippen LogP contribution in [-0.4, -0.2) is 122 Å². The Bertz CT molecular complexity index is 2640. The number of unbranched alkanes of at least 4 members (excludes halogenated alkanes) is 7. The zero-order valence-corrected chi connectivity index (χ0v) is 41.5. The number of aromatic nitrogens is 5. The number of rotatable bonds is 20. The number of piperazine rings is 1. The monoisotopic (exact) mass is 992 g/mol. The Kier molecular flexibility index (Phi) is 15.4. The van der Waals surface area contributed by atoms with Crippen molar-refractivity contribution in [3.63, 3.8) is 0 Å². The summed E-state index contributed by atoms with van der Waals surface area (Å²) in [7, 11) is 0. The molecule has 5 aliphatic heterocycles. The number of carbonyl (C=O) groups is 5. The van der Waals surface area contributed by atoms with Gasteiger partial charge in [-0.15, -0.1) is 5.10 Å². The molecular formula is C52H67F2N13O5. The highest BCUT2D eigenvalue weighted by atomic mass is 19.1. The van der Waals surface area contributed by atoms with Crippen LogP contribution in [0.15, 0.2) is 48.9 Å². The Morgan fingerprint density at radius 3 is 2.31 bits per heavy atom. The van der Waals surface area contributed by atoms with Crippen LogP contribution in [0, 0.1) is 17.0 Å². The largest absolute Gasteiger partial charge is 0.384 e. The number of likely N-dealkylation sites (tertiary alicyclic amines) is 1. The van der Waals surface area contributed by atoms with Crippen LogP contribution in [0.3, 0.4) is 0 Å². The molecule has 0 bridgehead atoms. The summed E-state index contributed by atoms with van der Waals surface area (Å²) >= 11 is 0. The molecule has 4 N–H and O–H groups in total. The van der Waals surface area contributed by atoms with Crippen molar-refractivity contribution in [1.82, 2.24) is 45.4 Å². The first kappa shape index (κ1) is 50.4. The van der Waals surface area contributed by atoms with E-state index < -0.39 is 46.8 Å². The number of benzene rings is 2. The second kappa shape index (κ2) is 22.0. The first-order valence-electron chi connectivity index (χ1n) is 25.8. The molecule has 0 radical (unpaired) electrons. The lowest BCUT2D eigenvalue weighted by Gasteiger charge is -2.48. The third kappa shape index (κ3) is 11.9. The lowest BCUT2D eigenvalue weighted by molar-refractivity contribution is -0.136. The minimum absolute atomic E-state index is 0.0302. The molecule has 2 aromatic carbocycles. The van der Waals surface area contributed by atoms with Crippen molar-refractivity contribution in [2.24, 2.45) is 5.41 Å². The molecule has 20 heteroatoms. The predicted octanol–water partition coefficient (Wildman–Crippen LogP) is 6.19. The molecule has 2 aromatic heterocycles. The molecule has 5 amide bonds. The summed E-state index contributed by atoms with van der Waals surface area (Å²) in [6.07, 6.45) is 15.5. The van der Waals surface area contributed by atoms with Crippen molar-refractivity contribution in [1.29, 1.82) is 0 Å². The van der Waals surface area contributed by atoms with Crippen LogP contribution in [0.5, 0.6) is 0 Å². The number of anilines is 4. The van der Waals surface area contributed by atoms with Gasteiger partial charge >= 0.3 is 0 Å². The van der Waals surface area contributed by atoms with Crippen LogP contribution in [0.2, 0.25) is 0 Å². The molecule has 1 unspecified atom stereocenters. The number of hydrogen-bond acceptors (Lipinski definition) is 14. The Hall–Kier alpha value is -6.57. The fourth-order valence-corrected chi connectivity index (χ4v) is 10.8. The summed E-state index contributed by atoms with van der Waals surface area (Å²) in [5, 5.41) is 20.8. The van der Waals surface area contributed by atoms with Crippen LogP contribution in [-0.2, 0) is 34.0 Å². The van der Waals surface area contributed by atoms with Gasteiger partial charge in [-0.25, -0.2) is 18.7 Å². The molecular weight excluding hydrogens is 925 g/mol. The second-order valence-electron chi connectivity index (χ2n) is 21.0. The Balaban J connectivity index is 0.647. The smallest absolute Gasteiger partial charge is 0.264 e. The predicted molar refractivity (Wildman–Crippen MR) is 267 cm³/mol. The van der Waals surface area contributed by atoms with Gasteiger partial charge in [0.05, 0.1) is 41.6 Å². The van der Waals surface area contributed by atoms with E-state index in [2.05, 4.69) is 65.2 Å². The SMILES string of the molecule is CC1(C)CCN(Cc2cc(F)c(N3CC(=O)NC4(CCN(c5cc(NCc6cn(CCCCCCCCCCNc7cccc8c7C(=O)N(C7CCC(=O)NC7=O)C8=O)nn6)ncn5)CC4)C3)cc2F)CC1. The van der Waals surface area contributed by atoms with E-state index in [0.29, 0.717) is 69.2 Å². The normalized spacial score (nSPS) is 20.0. The average molecular weight is 992 g/mol. The van der Waals surface area contributed by atoms with Crippen molar-refractivity contribution in [2.75, 3.05) is 66.2 Å². The number of nitrogens with zero attached hydrogens (tertiary/aromatic N) is 9. The summed E-state index contributed by atoms with van der Waals surface area (Å²) in [4.78, 5) is 79.5. The molecule has 18 nitrogen and oxygen atoms in total. The van der Waals surface area contributed by atoms with Crippen LogP contribution >= 0.6 is 0 Å². The van der Waals surface area contributed by atoms with Crippen LogP contribution in [0.4, 0.5) is 31.8 Å². The van der Waals surface area contributed by atoms with Gasteiger partial charge in [-0.05, 0) is 81.6 Å². The Morgan fingerprint density at radius 2 is 1.54 bits per heavy atom. The minimum Gasteiger partial charge on any atom is -0.384 e. The van der Waals surface area contributed by atoms with Crippen molar-refractivity contribution in [3.05, 3.63) is 82.9 Å². The van der Waals surface area contributed by atoms with E-state index in [4.69, 9.17) is 0 Å². The number of carbonyl (C=O) groups excluding carboxylic acids is 5. The molecule has 9 rings (SSSR count). The third-order valence-corrected chi connectivity index (χ3v) is 15.1. The minimum atomic E-state index is -0.987. The molecule has 0 saturated carbocycles. The van der Waals surface area contributed by atoms with Gasteiger partial charge in [0, 0.05) is 69.1 Å². The lowest BCUT2D eigenvalue weighted by atomic mass is 9.82. The first-order chi connectivity index (χ1) is 34.7. The maximum absolute atomic E-state index is 15.7. The number of halogens is 2. The van der Waals surface area contributed by atoms with E-state index in [1.165, 1.54) is 18.5 Å². The molecule has 4 saturated heterocycles. The van der Waals surface area contributed by atoms with Crippen molar-refractivity contribution in [2.45, 2.75) is 135 Å². The highest BCUT2D eigenvalue weighted by molar-refractivity contribution is 6.25. The van der Waals surface area contributed by atoms with Gasteiger partial charge in [-0.3, -0.25) is 43.8 Å². The molecule has 4 fully saturated rings. The number of fused-ring (bicyclic) bond motifs is 1. The summed E-state index contributed by atoms with van der Waals surface area (Å²) in [6, 6.07) is 8.61. The molecule has 72 heavy (non-hydrogen) atoms. The second-order valence-corrected chi connectivity index (χ2v) is 21.0. The fraction of sp³-hybridized carbons (Fsp3) is 0.558. The number of piperidine rings is 3. The number of aryl methyl sites for hydroxylation is 1. The topological polar surface area (TPSA) is 203 Å². The molecule has 7 heterocycles. The first-order valence-corrected chi connectivity index (χ1v) is 25.8. The van der Waals surface area contributed by atoms with Crippen LogP contribution in [0.1, 0.15) is 136 Å². The highest BCUT2D eigenvalue weighted by Crippen LogP contribution is 2.36. The van der Waals surface area contributed by atoms with Gasteiger partial charge in [0.2, 0.25) is 17.7 Å². The molecule has 0 aliphatic carbocycles. The number of imide groups is 2. The maximum Gasteiger partial charge on any atom is 0.264 e. The number of amides is 5.